The molecule has 0 unspecified atom stereocenters. The number of fused-ring (bicyclic) bond motifs is 1. The van der Waals surface area contributed by atoms with E-state index in [4.69, 9.17) is 0 Å². The molecule has 0 aromatic carbocycles. The Morgan fingerprint density at radius 3 is 2.62 bits per heavy atom. The third kappa shape index (κ3) is 2.72. The normalized spacial score (nSPS) is 26.6. The lowest BCUT2D eigenvalue weighted by Gasteiger charge is -2.27. The monoisotopic (exact) mass is 336 g/mol. The number of nitrogens with zero attached hydrogens (tertiary/aromatic N) is 6. The van der Waals surface area contributed by atoms with Crippen molar-refractivity contribution < 1.29 is 14.7 Å². The van der Waals surface area contributed by atoms with Crippen LogP contribution in [0.25, 0.3) is 0 Å². The average Bonchev–Trinajstić information content (AvgIpc) is 3.16. The molecule has 0 spiro atoms. The maximum atomic E-state index is 12.2. The van der Waals surface area contributed by atoms with Gasteiger partial charge in [0.15, 0.2) is 0 Å². The van der Waals surface area contributed by atoms with Gasteiger partial charge in [-0.3, -0.25) is 9.69 Å². The second-order valence-corrected chi connectivity index (χ2v) is 7.02. The number of amides is 2. The van der Waals surface area contributed by atoms with E-state index >= 15 is 0 Å². The SMILES string of the molecule is Cc1nncn1CCN1C[C@H]2CN(C(=O)N(C)C)C[C@@]2(C(=O)O)C1. The van der Waals surface area contributed by atoms with Crippen LogP contribution in [0.15, 0.2) is 6.33 Å². The first-order valence-electron chi connectivity index (χ1n) is 8.10. The van der Waals surface area contributed by atoms with E-state index in [1.165, 1.54) is 4.90 Å². The quantitative estimate of drug-likeness (QED) is 0.803. The molecule has 0 aliphatic carbocycles. The van der Waals surface area contributed by atoms with Gasteiger partial charge in [-0.15, -0.1) is 10.2 Å². The van der Waals surface area contributed by atoms with Crippen molar-refractivity contribution in [1.82, 2.24) is 29.5 Å². The lowest BCUT2D eigenvalue weighted by Crippen LogP contribution is -2.44. The molecule has 3 rings (SSSR count). The molecule has 1 N–H and O–H groups in total. The van der Waals surface area contributed by atoms with Crippen molar-refractivity contribution in [3.63, 3.8) is 0 Å². The fraction of sp³-hybridized carbons (Fsp3) is 0.733. The number of carbonyl (C=O) groups is 2. The molecular weight excluding hydrogens is 312 g/mol. The predicted molar refractivity (Wildman–Crippen MR) is 85.4 cm³/mol. The van der Waals surface area contributed by atoms with Crippen LogP contribution in [0.4, 0.5) is 4.79 Å². The van der Waals surface area contributed by atoms with Crippen molar-refractivity contribution in [2.75, 3.05) is 46.8 Å². The first kappa shape index (κ1) is 16.7. The van der Waals surface area contributed by atoms with E-state index in [2.05, 4.69) is 15.1 Å². The number of carboxylic acids is 1. The van der Waals surface area contributed by atoms with Crippen LogP contribution in [-0.4, -0.2) is 93.4 Å². The molecule has 9 heteroatoms. The first-order valence-corrected chi connectivity index (χ1v) is 8.10. The van der Waals surface area contributed by atoms with Crippen molar-refractivity contribution in [2.24, 2.45) is 11.3 Å². The number of hydrogen-bond donors (Lipinski definition) is 1. The number of carboxylic acid groups (broad SMARTS) is 1. The fourth-order valence-electron chi connectivity index (χ4n) is 3.85. The Morgan fingerprint density at radius 1 is 1.33 bits per heavy atom. The molecule has 9 nitrogen and oxygen atoms in total. The summed E-state index contributed by atoms with van der Waals surface area (Å²) in [5.41, 5.74) is -0.853. The minimum atomic E-state index is -0.853. The summed E-state index contributed by atoms with van der Waals surface area (Å²) in [6.07, 6.45) is 1.69. The van der Waals surface area contributed by atoms with Crippen molar-refractivity contribution in [3.05, 3.63) is 12.2 Å². The van der Waals surface area contributed by atoms with Gasteiger partial charge in [-0.05, 0) is 6.92 Å². The van der Waals surface area contributed by atoms with E-state index in [0.29, 0.717) is 19.6 Å². The Kier molecular flexibility index (Phi) is 4.20. The third-order valence-corrected chi connectivity index (χ3v) is 5.22. The average molecular weight is 336 g/mol. The highest BCUT2D eigenvalue weighted by atomic mass is 16.4. The van der Waals surface area contributed by atoms with Gasteiger partial charge in [0.2, 0.25) is 0 Å². The number of carbonyl (C=O) groups excluding carboxylic acids is 1. The van der Waals surface area contributed by atoms with Gasteiger partial charge >= 0.3 is 12.0 Å². The highest BCUT2D eigenvalue weighted by Gasteiger charge is 2.58. The summed E-state index contributed by atoms with van der Waals surface area (Å²) in [5.74, 6) is 0.0236. The van der Waals surface area contributed by atoms with Crippen LogP contribution >= 0.6 is 0 Å². The second-order valence-electron chi connectivity index (χ2n) is 7.02. The zero-order valence-electron chi connectivity index (χ0n) is 14.3. The Labute approximate surface area is 140 Å². The van der Waals surface area contributed by atoms with E-state index in [-0.39, 0.29) is 18.5 Å². The molecular formula is C15H24N6O3. The van der Waals surface area contributed by atoms with E-state index in [1.807, 2.05) is 11.5 Å². The number of rotatable bonds is 4. The van der Waals surface area contributed by atoms with E-state index in [1.54, 1.807) is 25.3 Å². The lowest BCUT2D eigenvalue weighted by atomic mass is 9.81. The van der Waals surface area contributed by atoms with Gasteiger partial charge < -0.3 is 19.5 Å². The highest BCUT2D eigenvalue weighted by molar-refractivity contribution is 5.80. The summed E-state index contributed by atoms with van der Waals surface area (Å²) in [7, 11) is 3.38. The standard InChI is InChI=1S/C15H24N6O3/c1-11-17-16-10-20(11)5-4-19-6-12-7-21(14(24)18(2)3)9-15(12,8-19)13(22)23/h10,12H,4-9H2,1-3H3,(H,22,23)/t12-,15-/m0/s1. The van der Waals surface area contributed by atoms with Gasteiger partial charge in [-0.2, -0.15) is 0 Å². The van der Waals surface area contributed by atoms with Gasteiger partial charge in [0.25, 0.3) is 0 Å². The van der Waals surface area contributed by atoms with Crippen LogP contribution < -0.4 is 0 Å². The van der Waals surface area contributed by atoms with Crippen LogP contribution in [-0.2, 0) is 11.3 Å². The molecule has 2 aliphatic rings. The van der Waals surface area contributed by atoms with Crippen molar-refractivity contribution in [1.29, 1.82) is 0 Å². The van der Waals surface area contributed by atoms with E-state index in [0.717, 1.165) is 18.9 Å². The maximum Gasteiger partial charge on any atom is 0.319 e. The number of hydrogen-bond acceptors (Lipinski definition) is 5. The molecule has 2 fully saturated rings. The summed E-state index contributed by atoms with van der Waals surface area (Å²) in [4.78, 5) is 29.5. The Morgan fingerprint density at radius 2 is 2.08 bits per heavy atom. The van der Waals surface area contributed by atoms with Gasteiger partial charge in [-0.25, -0.2) is 4.79 Å². The van der Waals surface area contributed by atoms with Crippen molar-refractivity contribution in [2.45, 2.75) is 13.5 Å². The smallest absolute Gasteiger partial charge is 0.319 e. The molecule has 0 radical (unpaired) electrons. The highest BCUT2D eigenvalue weighted by Crippen LogP contribution is 2.43. The Balaban J connectivity index is 1.66. The number of aromatic nitrogens is 3. The zero-order valence-corrected chi connectivity index (χ0v) is 14.3. The molecule has 24 heavy (non-hydrogen) atoms. The van der Waals surface area contributed by atoms with Crippen LogP contribution in [0.1, 0.15) is 5.82 Å². The summed E-state index contributed by atoms with van der Waals surface area (Å²) in [6.45, 7) is 5.36. The minimum absolute atomic E-state index is 0.0269. The zero-order chi connectivity index (χ0) is 17.5. The molecule has 1 aromatic heterocycles. The number of likely N-dealkylation sites (tertiary alicyclic amines) is 2. The summed E-state index contributed by atoms with van der Waals surface area (Å²) in [5, 5.41) is 17.6. The summed E-state index contributed by atoms with van der Waals surface area (Å²) >= 11 is 0. The third-order valence-electron chi connectivity index (χ3n) is 5.22. The van der Waals surface area contributed by atoms with Crippen LogP contribution in [0.2, 0.25) is 0 Å². The topological polar surface area (TPSA) is 94.8 Å². The first-order chi connectivity index (χ1) is 11.3. The molecule has 0 bridgehead atoms. The lowest BCUT2D eigenvalue weighted by molar-refractivity contribution is -0.148. The van der Waals surface area contributed by atoms with Crippen LogP contribution in [0.3, 0.4) is 0 Å². The number of aliphatic carboxylic acids is 1. The summed E-state index contributed by atoms with van der Waals surface area (Å²) in [6, 6.07) is -0.114. The molecule has 0 saturated carbocycles. The Bertz CT molecular complexity index is 645. The summed E-state index contributed by atoms with van der Waals surface area (Å²) < 4.78 is 1.96. The van der Waals surface area contributed by atoms with Crippen LogP contribution in [0, 0.1) is 18.3 Å². The second kappa shape index (κ2) is 6.04. The molecule has 2 aliphatic heterocycles. The predicted octanol–water partition coefficient (Wildman–Crippen LogP) is -0.413. The fourth-order valence-corrected chi connectivity index (χ4v) is 3.85. The molecule has 1 aromatic rings. The van der Waals surface area contributed by atoms with Crippen LogP contribution in [0.5, 0.6) is 0 Å². The molecule has 2 saturated heterocycles. The van der Waals surface area contributed by atoms with Gasteiger partial charge in [-0.1, -0.05) is 0 Å². The number of urea groups is 1. The number of aryl methyl sites for hydroxylation is 1. The maximum absolute atomic E-state index is 12.2. The molecule has 132 valence electrons. The Hall–Kier alpha value is -2.16. The largest absolute Gasteiger partial charge is 0.481 e. The van der Waals surface area contributed by atoms with Gasteiger partial charge in [0.1, 0.15) is 17.6 Å². The van der Waals surface area contributed by atoms with Crippen molar-refractivity contribution >= 4 is 12.0 Å². The van der Waals surface area contributed by atoms with E-state index in [9.17, 15) is 14.7 Å². The van der Waals surface area contributed by atoms with Gasteiger partial charge in [0, 0.05) is 59.3 Å². The van der Waals surface area contributed by atoms with E-state index < -0.39 is 11.4 Å². The minimum Gasteiger partial charge on any atom is -0.481 e. The van der Waals surface area contributed by atoms with Crippen molar-refractivity contribution in [3.8, 4) is 0 Å². The molecule has 3 heterocycles. The molecule has 2 amide bonds. The molecule has 2 atom stereocenters. The van der Waals surface area contributed by atoms with Gasteiger partial charge in [0.05, 0.1) is 0 Å².